The number of carbonyl (C=O) groups is 1. The van der Waals surface area contributed by atoms with Gasteiger partial charge in [0.15, 0.2) is 0 Å². The van der Waals surface area contributed by atoms with E-state index >= 15 is 0 Å². The number of aryl methyl sites for hydroxylation is 2. The Hall–Kier alpha value is -2.97. The number of rotatable bonds is 6. The van der Waals surface area contributed by atoms with Crippen molar-refractivity contribution < 1.29 is 4.79 Å². The van der Waals surface area contributed by atoms with E-state index in [2.05, 4.69) is 25.4 Å². The predicted molar refractivity (Wildman–Crippen MR) is 132 cm³/mol. The molecule has 0 unspecified atom stereocenters. The van der Waals surface area contributed by atoms with Gasteiger partial charge in [-0.1, -0.05) is 30.2 Å². The molecule has 2 N–H and O–H groups in total. The molecule has 1 aromatic carbocycles. The van der Waals surface area contributed by atoms with E-state index < -0.39 is 0 Å². The van der Waals surface area contributed by atoms with Crippen LogP contribution in [0.5, 0.6) is 0 Å². The highest BCUT2D eigenvalue weighted by molar-refractivity contribution is 6.30. The van der Waals surface area contributed by atoms with Crippen LogP contribution < -0.4 is 10.2 Å². The second-order valence-electron chi connectivity index (χ2n) is 8.71. The molecule has 0 radical (unpaired) electrons. The van der Waals surface area contributed by atoms with Crippen LogP contribution in [0.3, 0.4) is 0 Å². The van der Waals surface area contributed by atoms with Crippen molar-refractivity contribution in [2.45, 2.75) is 39.2 Å². The zero-order chi connectivity index (χ0) is 23.5. The average molecular weight is 468 g/mol. The van der Waals surface area contributed by atoms with E-state index in [4.69, 9.17) is 16.6 Å². The molecule has 0 spiro atoms. The van der Waals surface area contributed by atoms with Gasteiger partial charge < -0.3 is 10.2 Å². The standard InChI is InChI=1S/C24H30ClN7O/c1-15-22(16(2)30-29-15)27-21(33)14-32-11-6-5-10-20(32)23-19(13-26-24(28-23)31(3)4)17-8-7-9-18(25)12-17/h7-9,12-13,20H,5-6,10-11,14H2,1-4H3,(H,27,33)(H,29,30)/t20-/m0/s1. The van der Waals surface area contributed by atoms with Crippen molar-refractivity contribution in [3.63, 3.8) is 0 Å². The Labute approximate surface area is 199 Å². The monoisotopic (exact) mass is 467 g/mol. The van der Waals surface area contributed by atoms with Crippen LogP contribution in [0.2, 0.25) is 5.02 Å². The summed E-state index contributed by atoms with van der Waals surface area (Å²) >= 11 is 6.29. The van der Waals surface area contributed by atoms with Crippen LogP contribution in [0, 0.1) is 13.8 Å². The van der Waals surface area contributed by atoms with E-state index in [1.54, 1.807) is 0 Å². The van der Waals surface area contributed by atoms with Crippen molar-refractivity contribution in [1.82, 2.24) is 25.1 Å². The lowest BCUT2D eigenvalue weighted by atomic mass is 9.94. The van der Waals surface area contributed by atoms with E-state index in [0.717, 1.165) is 59.7 Å². The molecule has 33 heavy (non-hydrogen) atoms. The number of nitrogens with one attached hydrogen (secondary N) is 2. The number of benzene rings is 1. The van der Waals surface area contributed by atoms with Gasteiger partial charge in [-0.15, -0.1) is 0 Å². The molecule has 1 fully saturated rings. The van der Waals surface area contributed by atoms with Gasteiger partial charge in [-0.25, -0.2) is 9.97 Å². The summed E-state index contributed by atoms with van der Waals surface area (Å²) in [6, 6.07) is 7.75. The Morgan fingerprint density at radius 1 is 1.30 bits per heavy atom. The molecule has 2 aromatic heterocycles. The van der Waals surface area contributed by atoms with Crippen LogP contribution in [-0.2, 0) is 4.79 Å². The molecule has 9 heteroatoms. The first-order valence-corrected chi connectivity index (χ1v) is 11.6. The third-order valence-corrected chi connectivity index (χ3v) is 6.24. The fraction of sp³-hybridized carbons (Fsp3) is 0.417. The van der Waals surface area contributed by atoms with E-state index in [1.807, 2.05) is 63.3 Å². The van der Waals surface area contributed by atoms with Crippen molar-refractivity contribution in [1.29, 1.82) is 0 Å². The minimum Gasteiger partial charge on any atom is -0.347 e. The summed E-state index contributed by atoms with van der Waals surface area (Å²) in [6.45, 7) is 4.90. The lowest BCUT2D eigenvalue weighted by Gasteiger charge is -2.36. The van der Waals surface area contributed by atoms with Crippen LogP contribution in [0.25, 0.3) is 11.1 Å². The van der Waals surface area contributed by atoms with E-state index in [0.29, 0.717) is 11.0 Å². The van der Waals surface area contributed by atoms with Crippen molar-refractivity contribution in [2.75, 3.05) is 37.4 Å². The Morgan fingerprint density at radius 3 is 2.82 bits per heavy atom. The highest BCUT2D eigenvalue weighted by Gasteiger charge is 2.30. The first-order chi connectivity index (χ1) is 15.8. The molecule has 0 bridgehead atoms. The highest BCUT2D eigenvalue weighted by Crippen LogP contribution is 2.36. The zero-order valence-electron chi connectivity index (χ0n) is 19.5. The predicted octanol–water partition coefficient (Wildman–Crippen LogP) is 4.37. The molecule has 1 aliphatic rings. The highest BCUT2D eigenvalue weighted by atomic mass is 35.5. The summed E-state index contributed by atoms with van der Waals surface area (Å²) < 4.78 is 0. The number of likely N-dealkylation sites (tertiary alicyclic amines) is 1. The maximum absolute atomic E-state index is 13.0. The minimum atomic E-state index is -0.0549. The number of carbonyl (C=O) groups excluding carboxylic acids is 1. The molecular formula is C24H30ClN7O. The number of amides is 1. The number of aromatic amines is 1. The van der Waals surface area contributed by atoms with Gasteiger partial charge in [-0.2, -0.15) is 5.10 Å². The Balaban J connectivity index is 1.66. The second kappa shape index (κ2) is 9.89. The number of piperidine rings is 1. The lowest BCUT2D eigenvalue weighted by Crippen LogP contribution is -2.40. The molecule has 1 amide bonds. The van der Waals surface area contributed by atoms with Gasteiger partial charge in [0.2, 0.25) is 11.9 Å². The molecule has 1 aliphatic heterocycles. The summed E-state index contributed by atoms with van der Waals surface area (Å²) in [5.74, 6) is 0.594. The second-order valence-corrected chi connectivity index (χ2v) is 9.15. The van der Waals surface area contributed by atoms with Crippen LogP contribution in [0.15, 0.2) is 30.5 Å². The smallest absolute Gasteiger partial charge is 0.238 e. The topological polar surface area (TPSA) is 90.0 Å². The third-order valence-electron chi connectivity index (χ3n) is 6.01. The van der Waals surface area contributed by atoms with Gasteiger partial charge in [0.25, 0.3) is 0 Å². The number of hydrogen-bond acceptors (Lipinski definition) is 6. The van der Waals surface area contributed by atoms with E-state index in [-0.39, 0.29) is 18.5 Å². The SMILES string of the molecule is Cc1n[nH]c(C)c1NC(=O)CN1CCCC[C@H]1c1nc(N(C)C)ncc1-c1cccc(Cl)c1. The van der Waals surface area contributed by atoms with Crippen LogP contribution in [-0.4, -0.2) is 58.2 Å². The van der Waals surface area contributed by atoms with E-state index in [9.17, 15) is 4.79 Å². The minimum absolute atomic E-state index is 0.00623. The first kappa shape index (κ1) is 23.2. The Kier molecular flexibility index (Phi) is 6.95. The van der Waals surface area contributed by atoms with Gasteiger partial charge in [0.1, 0.15) is 0 Å². The number of anilines is 2. The van der Waals surface area contributed by atoms with Gasteiger partial charge in [-0.05, 0) is 50.9 Å². The molecule has 1 saturated heterocycles. The van der Waals surface area contributed by atoms with Crippen molar-refractivity contribution in [2.24, 2.45) is 0 Å². The van der Waals surface area contributed by atoms with E-state index in [1.165, 1.54) is 0 Å². The number of aromatic nitrogens is 4. The summed E-state index contributed by atoms with van der Waals surface area (Å²) in [7, 11) is 3.86. The number of hydrogen-bond donors (Lipinski definition) is 2. The quantitative estimate of drug-likeness (QED) is 0.559. The summed E-state index contributed by atoms with van der Waals surface area (Å²) in [5, 5.41) is 10.8. The number of halogens is 1. The van der Waals surface area contributed by atoms with Gasteiger partial charge in [0, 0.05) is 30.9 Å². The van der Waals surface area contributed by atoms with Crippen LogP contribution in [0.4, 0.5) is 11.6 Å². The zero-order valence-corrected chi connectivity index (χ0v) is 20.3. The van der Waals surface area contributed by atoms with Crippen molar-refractivity contribution in [3.05, 3.63) is 52.6 Å². The molecule has 3 heterocycles. The fourth-order valence-corrected chi connectivity index (χ4v) is 4.51. The molecule has 4 rings (SSSR count). The number of nitrogens with zero attached hydrogens (tertiary/aromatic N) is 5. The summed E-state index contributed by atoms with van der Waals surface area (Å²) in [4.78, 5) is 26.6. The normalized spacial score (nSPS) is 16.6. The fourth-order valence-electron chi connectivity index (χ4n) is 4.32. The lowest BCUT2D eigenvalue weighted by molar-refractivity contribution is -0.118. The largest absolute Gasteiger partial charge is 0.347 e. The molecule has 174 valence electrons. The molecule has 3 aromatic rings. The van der Waals surface area contributed by atoms with Crippen molar-refractivity contribution >= 4 is 29.1 Å². The Morgan fingerprint density at radius 2 is 2.12 bits per heavy atom. The molecule has 0 aliphatic carbocycles. The number of H-pyrrole nitrogens is 1. The molecular weight excluding hydrogens is 438 g/mol. The maximum Gasteiger partial charge on any atom is 0.238 e. The van der Waals surface area contributed by atoms with Gasteiger partial charge in [-0.3, -0.25) is 14.8 Å². The molecule has 0 saturated carbocycles. The van der Waals surface area contributed by atoms with Crippen molar-refractivity contribution in [3.8, 4) is 11.1 Å². The maximum atomic E-state index is 13.0. The molecule has 8 nitrogen and oxygen atoms in total. The summed E-state index contributed by atoms with van der Waals surface area (Å²) in [5.41, 5.74) is 5.24. The third kappa shape index (κ3) is 5.17. The Bertz CT molecular complexity index is 1120. The van der Waals surface area contributed by atoms with Gasteiger partial charge >= 0.3 is 0 Å². The van der Waals surface area contributed by atoms with Gasteiger partial charge in [0.05, 0.1) is 35.4 Å². The summed E-state index contributed by atoms with van der Waals surface area (Å²) in [6.07, 6.45) is 4.92. The average Bonchev–Trinajstić information content (AvgIpc) is 3.11. The molecule has 1 atom stereocenters. The van der Waals surface area contributed by atoms with Crippen LogP contribution in [0.1, 0.15) is 42.4 Å². The first-order valence-electron chi connectivity index (χ1n) is 11.2. The van der Waals surface area contributed by atoms with Crippen LogP contribution >= 0.6 is 11.6 Å².